The summed E-state index contributed by atoms with van der Waals surface area (Å²) >= 11 is 0. The van der Waals surface area contributed by atoms with E-state index >= 15 is 0 Å². The maximum atomic E-state index is 13.3. The van der Waals surface area contributed by atoms with E-state index in [4.69, 9.17) is 4.74 Å². The monoisotopic (exact) mass is 364 g/mol. The molecule has 4 rings (SSSR count). The van der Waals surface area contributed by atoms with Crippen molar-refractivity contribution in [3.63, 3.8) is 0 Å². The zero-order valence-electron chi connectivity index (χ0n) is 14.4. The van der Waals surface area contributed by atoms with E-state index in [-0.39, 0.29) is 24.8 Å². The van der Waals surface area contributed by atoms with Gasteiger partial charge >= 0.3 is 5.97 Å². The fourth-order valence-electron chi connectivity index (χ4n) is 3.07. The molecule has 4 aromatic rings. The van der Waals surface area contributed by atoms with Crippen LogP contribution in [-0.4, -0.2) is 26.1 Å². The molecule has 7 heteroatoms. The number of hydrogen-bond donors (Lipinski definition) is 2. The van der Waals surface area contributed by atoms with Crippen LogP contribution < -0.4 is 0 Å². The number of carbonyl (C=O) groups excluding carboxylic acids is 1. The lowest BCUT2D eigenvalue weighted by Crippen LogP contribution is -2.07. The topological polar surface area (TPSA) is 83.7 Å². The van der Waals surface area contributed by atoms with Crippen molar-refractivity contribution in [1.29, 1.82) is 0 Å². The molecule has 0 atom stereocenters. The molecule has 0 amide bonds. The average molecular weight is 364 g/mol. The molecule has 0 radical (unpaired) electrons. The standard InChI is InChI=1S/C20H17FN4O2/c21-14-7-5-13(6-8-14)20-16(15-3-1-2-4-17(15)24-20)9-10-19(26)27-11-18-22-12-23-25-18/h1-8,12,24H,9-11H2,(H,22,23,25). The van der Waals surface area contributed by atoms with Gasteiger partial charge in [0.05, 0.1) is 0 Å². The molecule has 0 fully saturated rings. The van der Waals surface area contributed by atoms with Gasteiger partial charge in [0.25, 0.3) is 0 Å². The van der Waals surface area contributed by atoms with Crippen molar-refractivity contribution in [3.8, 4) is 11.3 Å². The minimum atomic E-state index is -0.318. The third kappa shape index (κ3) is 3.72. The summed E-state index contributed by atoms with van der Waals surface area (Å²) in [5.41, 5.74) is 3.74. The first-order chi connectivity index (χ1) is 13.2. The molecular formula is C20H17FN4O2. The predicted octanol–water partition coefficient (Wildman–Crippen LogP) is 3.77. The van der Waals surface area contributed by atoms with Crippen LogP contribution in [0.3, 0.4) is 0 Å². The third-order valence-corrected chi connectivity index (χ3v) is 4.36. The van der Waals surface area contributed by atoms with Crippen molar-refractivity contribution in [2.75, 3.05) is 0 Å². The molecule has 0 bridgehead atoms. The van der Waals surface area contributed by atoms with Crippen LogP contribution in [0.2, 0.25) is 0 Å². The van der Waals surface area contributed by atoms with Crippen LogP contribution >= 0.6 is 0 Å². The van der Waals surface area contributed by atoms with Gasteiger partial charge in [-0.3, -0.25) is 9.89 Å². The van der Waals surface area contributed by atoms with E-state index in [1.807, 2.05) is 24.3 Å². The molecule has 6 nitrogen and oxygen atoms in total. The molecule has 0 aliphatic carbocycles. The Bertz CT molecular complexity index is 1060. The van der Waals surface area contributed by atoms with E-state index in [1.54, 1.807) is 12.1 Å². The Hall–Kier alpha value is -3.48. The summed E-state index contributed by atoms with van der Waals surface area (Å²) < 4.78 is 18.5. The lowest BCUT2D eigenvalue weighted by molar-refractivity contribution is -0.145. The van der Waals surface area contributed by atoms with Gasteiger partial charge in [0, 0.05) is 23.0 Å². The molecule has 136 valence electrons. The average Bonchev–Trinajstić information content (AvgIpc) is 3.33. The molecule has 2 heterocycles. The fraction of sp³-hybridized carbons (Fsp3) is 0.150. The van der Waals surface area contributed by atoms with E-state index in [1.165, 1.54) is 18.5 Å². The molecule has 0 spiro atoms. The Balaban J connectivity index is 1.55. The molecule has 0 unspecified atom stereocenters. The number of nitrogens with one attached hydrogen (secondary N) is 2. The smallest absolute Gasteiger partial charge is 0.306 e. The first kappa shape index (κ1) is 17.0. The predicted molar refractivity (Wildman–Crippen MR) is 98.2 cm³/mol. The highest BCUT2D eigenvalue weighted by molar-refractivity contribution is 5.91. The number of aromatic nitrogens is 4. The highest BCUT2D eigenvalue weighted by atomic mass is 19.1. The largest absolute Gasteiger partial charge is 0.457 e. The van der Waals surface area contributed by atoms with Crippen LogP contribution in [0.15, 0.2) is 54.9 Å². The fourth-order valence-corrected chi connectivity index (χ4v) is 3.07. The number of ether oxygens (including phenoxy) is 1. The van der Waals surface area contributed by atoms with E-state index in [0.29, 0.717) is 12.2 Å². The highest BCUT2D eigenvalue weighted by Crippen LogP contribution is 2.31. The van der Waals surface area contributed by atoms with Gasteiger partial charge in [0.1, 0.15) is 12.1 Å². The normalized spacial score (nSPS) is 11.0. The van der Waals surface area contributed by atoms with Gasteiger partial charge in [-0.05, 0) is 47.9 Å². The number of benzene rings is 2. The molecule has 2 aromatic heterocycles. The highest BCUT2D eigenvalue weighted by Gasteiger charge is 2.15. The Kier molecular flexibility index (Phi) is 4.65. The Morgan fingerprint density at radius 3 is 2.70 bits per heavy atom. The molecule has 0 saturated carbocycles. The number of aryl methyl sites for hydroxylation is 1. The number of nitrogens with zero attached hydrogens (tertiary/aromatic N) is 2. The summed E-state index contributed by atoms with van der Waals surface area (Å²) in [7, 11) is 0. The summed E-state index contributed by atoms with van der Waals surface area (Å²) in [4.78, 5) is 19.4. The van der Waals surface area contributed by atoms with Crippen molar-refractivity contribution in [2.45, 2.75) is 19.4 Å². The lowest BCUT2D eigenvalue weighted by Gasteiger charge is -2.06. The van der Waals surface area contributed by atoms with Gasteiger partial charge in [-0.25, -0.2) is 9.37 Å². The quantitative estimate of drug-likeness (QED) is 0.510. The number of hydrogen-bond acceptors (Lipinski definition) is 4. The Morgan fingerprint density at radius 1 is 1.11 bits per heavy atom. The number of halogens is 1. The second-order valence-corrected chi connectivity index (χ2v) is 6.12. The number of fused-ring (bicyclic) bond motifs is 1. The van der Waals surface area contributed by atoms with Crippen molar-refractivity contribution in [3.05, 3.63) is 72.1 Å². The number of aromatic amines is 2. The van der Waals surface area contributed by atoms with Gasteiger partial charge in [-0.2, -0.15) is 5.10 Å². The van der Waals surface area contributed by atoms with E-state index in [0.717, 1.165) is 27.7 Å². The van der Waals surface area contributed by atoms with E-state index in [9.17, 15) is 9.18 Å². The maximum absolute atomic E-state index is 13.3. The summed E-state index contributed by atoms with van der Waals surface area (Å²) in [5.74, 6) is -0.100. The molecule has 27 heavy (non-hydrogen) atoms. The molecule has 0 aliphatic rings. The minimum absolute atomic E-state index is 0.0670. The van der Waals surface area contributed by atoms with Crippen molar-refractivity contribution < 1.29 is 13.9 Å². The lowest BCUT2D eigenvalue weighted by atomic mass is 10.0. The zero-order chi connectivity index (χ0) is 18.6. The second kappa shape index (κ2) is 7.41. The molecule has 0 saturated heterocycles. The van der Waals surface area contributed by atoms with Gasteiger partial charge in [0.2, 0.25) is 0 Å². The molecular weight excluding hydrogens is 347 g/mol. The number of rotatable bonds is 6. The Labute approximate surface area is 154 Å². The van der Waals surface area contributed by atoms with E-state index in [2.05, 4.69) is 20.2 Å². The van der Waals surface area contributed by atoms with Gasteiger partial charge in [-0.15, -0.1) is 0 Å². The summed E-state index contributed by atoms with van der Waals surface area (Å²) in [5, 5.41) is 7.40. The zero-order valence-corrected chi connectivity index (χ0v) is 14.4. The van der Waals surface area contributed by atoms with Crippen LogP contribution in [0, 0.1) is 5.82 Å². The molecule has 2 N–H and O–H groups in total. The SMILES string of the molecule is O=C(CCc1c(-c2ccc(F)cc2)[nH]c2ccccc12)OCc1ncn[nH]1. The van der Waals surface area contributed by atoms with Gasteiger partial charge in [-0.1, -0.05) is 18.2 Å². The maximum Gasteiger partial charge on any atom is 0.306 e. The molecule has 2 aromatic carbocycles. The summed E-state index contributed by atoms with van der Waals surface area (Å²) in [6, 6.07) is 14.2. The summed E-state index contributed by atoms with van der Waals surface area (Å²) in [6.45, 7) is 0.0670. The first-order valence-corrected chi connectivity index (χ1v) is 8.56. The number of H-pyrrole nitrogens is 2. The first-order valence-electron chi connectivity index (χ1n) is 8.56. The Morgan fingerprint density at radius 2 is 1.93 bits per heavy atom. The van der Waals surface area contributed by atoms with Crippen LogP contribution in [-0.2, 0) is 22.6 Å². The van der Waals surface area contributed by atoms with Crippen LogP contribution in [0.5, 0.6) is 0 Å². The van der Waals surface area contributed by atoms with Gasteiger partial charge in [0.15, 0.2) is 12.4 Å². The van der Waals surface area contributed by atoms with Crippen molar-refractivity contribution in [2.24, 2.45) is 0 Å². The third-order valence-electron chi connectivity index (χ3n) is 4.36. The van der Waals surface area contributed by atoms with Crippen LogP contribution in [0.25, 0.3) is 22.2 Å². The molecule has 0 aliphatic heterocycles. The number of carbonyl (C=O) groups is 1. The summed E-state index contributed by atoms with van der Waals surface area (Å²) in [6.07, 6.45) is 2.10. The van der Waals surface area contributed by atoms with Crippen LogP contribution in [0.1, 0.15) is 17.8 Å². The van der Waals surface area contributed by atoms with Crippen LogP contribution in [0.4, 0.5) is 4.39 Å². The number of esters is 1. The number of para-hydroxylation sites is 1. The second-order valence-electron chi connectivity index (χ2n) is 6.12. The van der Waals surface area contributed by atoms with Crippen molar-refractivity contribution in [1.82, 2.24) is 20.2 Å². The minimum Gasteiger partial charge on any atom is -0.457 e. The van der Waals surface area contributed by atoms with E-state index < -0.39 is 0 Å². The van der Waals surface area contributed by atoms with Crippen molar-refractivity contribution >= 4 is 16.9 Å². The van der Waals surface area contributed by atoms with Gasteiger partial charge < -0.3 is 9.72 Å².